The molecule has 0 aromatic heterocycles. The fourth-order valence-electron chi connectivity index (χ4n) is 2.57. The first-order valence-electron chi connectivity index (χ1n) is 8.66. The summed E-state index contributed by atoms with van der Waals surface area (Å²) in [4.78, 5) is 0. The second-order valence-corrected chi connectivity index (χ2v) is 7.56. The first-order valence-corrected chi connectivity index (χ1v) is 8.66. The quantitative estimate of drug-likeness (QED) is 0.678. The van der Waals surface area contributed by atoms with Gasteiger partial charge in [0, 0.05) is 5.56 Å². The summed E-state index contributed by atoms with van der Waals surface area (Å²) < 4.78 is 46.6. The van der Waals surface area contributed by atoms with Gasteiger partial charge < -0.3 is 14.0 Å². The zero-order chi connectivity index (χ0) is 18.8. The highest BCUT2D eigenvalue weighted by Crippen LogP contribution is 2.40. The van der Waals surface area contributed by atoms with Gasteiger partial charge in [-0.05, 0) is 59.6 Å². The molecule has 0 N–H and O–H groups in total. The summed E-state index contributed by atoms with van der Waals surface area (Å²) in [5.41, 5.74) is -1.50. The summed E-state index contributed by atoms with van der Waals surface area (Å²) in [6.07, 6.45) is 0.247. The smallest absolute Gasteiger partial charge is 0.398 e. The predicted molar refractivity (Wildman–Crippen MR) is 96.2 cm³/mol. The molecule has 2 rings (SSSR count). The van der Waals surface area contributed by atoms with Crippen molar-refractivity contribution in [1.82, 2.24) is 0 Å². The number of benzene rings is 1. The van der Waals surface area contributed by atoms with E-state index in [-0.39, 0.29) is 30.3 Å². The molecule has 3 nitrogen and oxygen atoms in total. The van der Waals surface area contributed by atoms with Crippen molar-refractivity contribution >= 4 is 12.7 Å². The van der Waals surface area contributed by atoms with E-state index in [1.807, 2.05) is 41.5 Å². The highest BCUT2D eigenvalue weighted by Gasteiger charge is 2.53. The van der Waals surface area contributed by atoms with Crippen LogP contribution in [0.25, 0.3) is 5.57 Å². The van der Waals surface area contributed by atoms with Crippen molar-refractivity contribution in [2.75, 3.05) is 6.61 Å². The van der Waals surface area contributed by atoms with Crippen LogP contribution in [0.3, 0.4) is 0 Å². The van der Waals surface area contributed by atoms with Gasteiger partial charge in [0.15, 0.2) is 0 Å². The van der Waals surface area contributed by atoms with Crippen molar-refractivity contribution in [3.63, 3.8) is 0 Å². The largest absolute Gasteiger partial charge is 0.525 e. The number of rotatable bonds is 6. The van der Waals surface area contributed by atoms with Gasteiger partial charge in [-0.25, -0.2) is 8.78 Å². The lowest BCUT2D eigenvalue weighted by Crippen LogP contribution is -2.41. The summed E-state index contributed by atoms with van der Waals surface area (Å²) in [5, 5.41) is 0. The van der Waals surface area contributed by atoms with Crippen LogP contribution in [0.4, 0.5) is 8.78 Å². The maximum atomic E-state index is 15.3. The Bertz CT molecular complexity index is 625. The second kappa shape index (κ2) is 7.56. The Morgan fingerprint density at radius 3 is 2.20 bits per heavy atom. The minimum Gasteiger partial charge on any atom is -0.398 e. The van der Waals surface area contributed by atoms with Gasteiger partial charge in [-0.3, -0.25) is 0 Å². The van der Waals surface area contributed by atoms with E-state index < -0.39 is 29.9 Å². The summed E-state index contributed by atoms with van der Waals surface area (Å²) in [6, 6.07) is 6.13. The molecule has 1 heterocycles. The summed E-state index contributed by atoms with van der Waals surface area (Å²) in [6.45, 7) is 11.5. The third-order valence-electron chi connectivity index (χ3n) is 4.75. The molecule has 0 bridgehead atoms. The number of hydrogen-bond acceptors (Lipinski definition) is 3. The van der Waals surface area contributed by atoms with E-state index in [4.69, 9.17) is 14.0 Å². The van der Waals surface area contributed by atoms with Crippen LogP contribution in [-0.2, 0) is 14.0 Å². The summed E-state index contributed by atoms with van der Waals surface area (Å²) in [5.74, 6) is -0.478. The Labute approximate surface area is 149 Å². The van der Waals surface area contributed by atoms with Crippen LogP contribution in [0.15, 0.2) is 30.0 Å². The molecule has 138 valence electrons. The van der Waals surface area contributed by atoms with E-state index in [2.05, 4.69) is 0 Å². The lowest BCUT2D eigenvalue weighted by Gasteiger charge is -2.32. The SMILES string of the molecule is CC(C)OCCC(=C(F)B1OC(C)(C)C(C)(C)O1)c1ccccc1F. The first kappa shape index (κ1) is 20.1. The minimum atomic E-state index is -1.15. The van der Waals surface area contributed by atoms with E-state index >= 15 is 4.39 Å². The van der Waals surface area contributed by atoms with Gasteiger partial charge in [-0.15, -0.1) is 0 Å². The molecule has 0 amide bonds. The van der Waals surface area contributed by atoms with Gasteiger partial charge in [-0.1, -0.05) is 18.2 Å². The monoisotopic (exact) mass is 352 g/mol. The molecule has 1 fully saturated rings. The number of halogens is 2. The zero-order valence-electron chi connectivity index (χ0n) is 15.9. The molecular weight excluding hydrogens is 325 g/mol. The van der Waals surface area contributed by atoms with Crippen molar-refractivity contribution in [3.05, 3.63) is 41.4 Å². The standard InChI is InChI=1S/C19H27BF2O3/c1-13(2)23-12-11-15(14-9-7-8-10-16(14)21)17(22)20-24-18(3,4)19(5,6)25-20/h7-10,13H,11-12H2,1-6H3. The lowest BCUT2D eigenvalue weighted by atomic mass is 9.81. The molecule has 0 spiro atoms. The van der Waals surface area contributed by atoms with E-state index in [1.165, 1.54) is 6.07 Å². The van der Waals surface area contributed by atoms with Gasteiger partial charge in [0.25, 0.3) is 0 Å². The summed E-state index contributed by atoms with van der Waals surface area (Å²) >= 11 is 0. The molecule has 25 heavy (non-hydrogen) atoms. The second-order valence-electron chi connectivity index (χ2n) is 7.56. The van der Waals surface area contributed by atoms with Crippen molar-refractivity contribution in [2.24, 2.45) is 0 Å². The molecule has 1 aromatic rings. The third-order valence-corrected chi connectivity index (χ3v) is 4.75. The predicted octanol–water partition coefficient (Wildman–Crippen LogP) is 4.95. The number of hydrogen-bond donors (Lipinski definition) is 0. The summed E-state index contributed by atoms with van der Waals surface area (Å²) in [7, 11) is -1.15. The molecule has 1 saturated heterocycles. The van der Waals surface area contributed by atoms with E-state index in [9.17, 15) is 4.39 Å². The van der Waals surface area contributed by atoms with Crippen LogP contribution in [0, 0.1) is 5.82 Å². The Hall–Kier alpha value is -1.24. The van der Waals surface area contributed by atoms with E-state index in [0.717, 1.165) is 0 Å². The highest BCUT2D eigenvalue weighted by molar-refractivity contribution is 6.55. The van der Waals surface area contributed by atoms with Gasteiger partial charge in [0.05, 0.1) is 23.9 Å². The van der Waals surface area contributed by atoms with Crippen molar-refractivity contribution in [1.29, 1.82) is 0 Å². The minimum absolute atomic E-state index is 0.0155. The molecule has 1 aliphatic rings. The van der Waals surface area contributed by atoms with Crippen LogP contribution in [0.5, 0.6) is 0 Å². The molecule has 6 heteroatoms. The zero-order valence-corrected chi connectivity index (χ0v) is 15.9. The van der Waals surface area contributed by atoms with Crippen molar-refractivity contribution < 1.29 is 22.8 Å². The van der Waals surface area contributed by atoms with Crippen LogP contribution < -0.4 is 0 Å². The normalized spacial score (nSPS) is 20.1. The van der Waals surface area contributed by atoms with Gasteiger partial charge in [0.1, 0.15) is 11.5 Å². The molecule has 0 atom stereocenters. The van der Waals surface area contributed by atoms with E-state index in [0.29, 0.717) is 0 Å². The molecule has 0 saturated carbocycles. The Morgan fingerprint density at radius 2 is 1.68 bits per heavy atom. The Kier molecular flexibility index (Phi) is 6.07. The fraction of sp³-hybridized carbons (Fsp3) is 0.579. The number of ether oxygens (including phenoxy) is 1. The molecule has 1 aliphatic heterocycles. The van der Waals surface area contributed by atoms with Gasteiger partial charge in [0.2, 0.25) is 0 Å². The van der Waals surface area contributed by atoms with Crippen LogP contribution in [0.1, 0.15) is 53.5 Å². The van der Waals surface area contributed by atoms with Gasteiger partial charge >= 0.3 is 7.12 Å². The van der Waals surface area contributed by atoms with Crippen molar-refractivity contribution in [3.8, 4) is 0 Å². The average Bonchev–Trinajstić information content (AvgIpc) is 2.72. The molecular formula is C19H27BF2O3. The average molecular weight is 352 g/mol. The molecule has 0 aliphatic carbocycles. The molecule has 0 radical (unpaired) electrons. The van der Waals surface area contributed by atoms with Crippen LogP contribution >= 0.6 is 0 Å². The maximum Gasteiger partial charge on any atom is 0.525 e. The van der Waals surface area contributed by atoms with Crippen LogP contribution in [-0.4, -0.2) is 31.0 Å². The lowest BCUT2D eigenvalue weighted by molar-refractivity contribution is 0.00578. The van der Waals surface area contributed by atoms with Crippen molar-refractivity contribution in [2.45, 2.75) is 65.3 Å². The Balaban J connectivity index is 2.36. The topological polar surface area (TPSA) is 27.7 Å². The van der Waals surface area contributed by atoms with E-state index in [1.54, 1.807) is 18.2 Å². The third kappa shape index (κ3) is 4.49. The maximum absolute atomic E-state index is 15.3. The fourth-order valence-corrected chi connectivity index (χ4v) is 2.57. The highest BCUT2D eigenvalue weighted by atomic mass is 19.1. The molecule has 1 aromatic carbocycles. The first-order chi connectivity index (χ1) is 11.5. The Morgan fingerprint density at radius 1 is 1.12 bits per heavy atom. The van der Waals surface area contributed by atoms with Crippen LogP contribution in [0.2, 0.25) is 0 Å². The van der Waals surface area contributed by atoms with Gasteiger partial charge in [-0.2, -0.15) is 0 Å². The molecule has 0 unspecified atom stereocenters.